The van der Waals surface area contributed by atoms with E-state index in [1.807, 2.05) is 11.0 Å². The van der Waals surface area contributed by atoms with Crippen molar-refractivity contribution in [2.24, 2.45) is 0 Å². The normalized spacial score (nSPS) is 21.3. The molecular formula is C17H22N4O3S2. The van der Waals surface area contributed by atoms with Gasteiger partial charge in [-0.05, 0) is 37.2 Å². The fourth-order valence-electron chi connectivity index (χ4n) is 3.17. The lowest BCUT2D eigenvalue weighted by Crippen LogP contribution is -2.53. The van der Waals surface area contributed by atoms with E-state index in [4.69, 9.17) is 22.2 Å². The van der Waals surface area contributed by atoms with Crippen LogP contribution in [0.4, 0.5) is 0 Å². The highest BCUT2D eigenvalue weighted by Gasteiger charge is 2.31. The number of piperazine rings is 1. The standard InChI is InChI=1S/C17H22N4O3S2/c18-12-14-4-1-2-6-16(14)26(22,23)21-9-7-20(8-10-21)17(25)19-13-15-5-3-11-24-15/h1-2,4,6,15H,3,5,7-11,13H2,(H,19,25)/t15-/m1/s1. The molecule has 26 heavy (non-hydrogen) atoms. The first-order valence-electron chi connectivity index (χ1n) is 8.66. The van der Waals surface area contributed by atoms with Gasteiger partial charge in [0.25, 0.3) is 0 Å². The maximum absolute atomic E-state index is 12.8. The number of nitrogens with zero attached hydrogens (tertiary/aromatic N) is 3. The second-order valence-electron chi connectivity index (χ2n) is 6.32. The van der Waals surface area contributed by atoms with E-state index in [9.17, 15) is 8.42 Å². The average molecular weight is 395 g/mol. The largest absolute Gasteiger partial charge is 0.376 e. The van der Waals surface area contributed by atoms with Gasteiger partial charge in [0.15, 0.2) is 5.11 Å². The van der Waals surface area contributed by atoms with Crippen LogP contribution in [0.15, 0.2) is 29.2 Å². The topological polar surface area (TPSA) is 85.7 Å². The fraction of sp³-hybridized carbons (Fsp3) is 0.529. The third-order valence-electron chi connectivity index (χ3n) is 4.66. The Labute approximate surface area is 159 Å². The number of benzene rings is 1. The molecule has 1 atom stereocenters. The molecule has 1 aromatic rings. The molecule has 0 aromatic heterocycles. The molecule has 0 saturated carbocycles. The van der Waals surface area contributed by atoms with Gasteiger partial charge in [0.2, 0.25) is 10.0 Å². The van der Waals surface area contributed by atoms with E-state index in [-0.39, 0.29) is 16.6 Å². The summed E-state index contributed by atoms with van der Waals surface area (Å²) in [5, 5.41) is 13.0. The summed E-state index contributed by atoms with van der Waals surface area (Å²) in [5.41, 5.74) is 0.170. The molecule has 1 N–H and O–H groups in total. The summed E-state index contributed by atoms with van der Waals surface area (Å²) in [6.45, 7) is 3.21. The Morgan fingerprint density at radius 1 is 1.31 bits per heavy atom. The first-order chi connectivity index (χ1) is 12.5. The van der Waals surface area contributed by atoms with Crippen molar-refractivity contribution in [1.82, 2.24) is 14.5 Å². The maximum Gasteiger partial charge on any atom is 0.244 e. The number of nitriles is 1. The molecule has 1 aromatic carbocycles. The van der Waals surface area contributed by atoms with Crippen LogP contribution < -0.4 is 5.32 Å². The minimum absolute atomic E-state index is 0.0648. The first kappa shape index (κ1) is 19.0. The lowest BCUT2D eigenvalue weighted by molar-refractivity contribution is 0.113. The van der Waals surface area contributed by atoms with Crippen LogP contribution in [0.1, 0.15) is 18.4 Å². The molecule has 0 spiro atoms. The van der Waals surface area contributed by atoms with E-state index in [2.05, 4.69) is 5.32 Å². The molecule has 140 valence electrons. The monoisotopic (exact) mass is 394 g/mol. The van der Waals surface area contributed by atoms with Crippen molar-refractivity contribution >= 4 is 27.4 Å². The molecule has 2 heterocycles. The Morgan fingerprint density at radius 3 is 2.69 bits per heavy atom. The number of nitrogens with one attached hydrogen (secondary N) is 1. The van der Waals surface area contributed by atoms with E-state index in [0.29, 0.717) is 37.8 Å². The molecule has 0 radical (unpaired) electrons. The lowest BCUT2D eigenvalue weighted by atomic mass is 10.2. The highest BCUT2D eigenvalue weighted by Crippen LogP contribution is 2.21. The lowest BCUT2D eigenvalue weighted by Gasteiger charge is -2.35. The number of rotatable bonds is 4. The molecule has 3 rings (SSSR count). The number of hydrogen-bond donors (Lipinski definition) is 1. The van der Waals surface area contributed by atoms with Crippen molar-refractivity contribution in [3.8, 4) is 6.07 Å². The van der Waals surface area contributed by atoms with Gasteiger partial charge in [0.1, 0.15) is 6.07 Å². The van der Waals surface area contributed by atoms with Crippen molar-refractivity contribution in [2.45, 2.75) is 23.8 Å². The quantitative estimate of drug-likeness (QED) is 0.760. The van der Waals surface area contributed by atoms with Crippen molar-refractivity contribution in [1.29, 1.82) is 5.26 Å². The van der Waals surface area contributed by atoms with E-state index < -0.39 is 10.0 Å². The molecular weight excluding hydrogens is 372 g/mol. The summed E-state index contributed by atoms with van der Waals surface area (Å²) in [6.07, 6.45) is 2.33. The second kappa shape index (κ2) is 8.31. The summed E-state index contributed by atoms with van der Waals surface area (Å²) in [4.78, 5) is 2.04. The molecule has 0 bridgehead atoms. The zero-order valence-corrected chi connectivity index (χ0v) is 16.1. The second-order valence-corrected chi connectivity index (χ2v) is 8.61. The highest BCUT2D eigenvalue weighted by molar-refractivity contribution is 7.89. The molecule has 9 heteroatoms. The van der Waals surface area contributed by atoms with Gasteiger partial charge in [-0.3, -0.25) is 0 Å². The van der Waals surface area contributed by atoms with Crippen LogP contribution in [0.3, 0.4) is 0 Å². The van der Waals surface area contributed by atoms with E-state index in [0.717, 1.165) is 19.4 Å². The predicted molar refractivity (Wildman–Crippen MR) is 101 cm³/mol. The molecule has 2 aliphatic heterocycles. The van der Waals surface area contributed by atoms with Gasteiger partial charge in [-0.2, -0.15) is 9.57 Å². The Morgan fingerprint density at radius 2 is 2.04 bits per heavy atom. The smallest absolute Gasteiger partial charge is 0.244 e. The van der Waals surface area contributed by atoms with Crippen LogP contribution in [0, 0.1) is 11.3 Å². The Balaban J connectivity index is 1.57. The Kier molecular flexibility index (Phi) is 6.09. The summed E-state index contributed by atoms with van der Waals surface area (Å²) < 4.78 is 32.7. The number of sulfonamides is 1. The van der Waals surface area contributed by atoms with Gasteiger partial charge >= 0.3 is 0 Å². The van der Waals surface area contributed by atoms with Gasteiger partial charge < -0.3 is 15.0 Å². The molecule has 2 fully saturated rings. The minimum atomic E-state index is -3.68. The van der Waals surface area contributed by atoms with E-state index >= 15 is 0 Å². The van der Waals surface area contributed by atoms with Gasteiger partial charge in [0.05, 0.1) is 16.6 Å². The first-order valence-corrected chi connectivity index (χ1v) is 10.5. The molecule has 0 amide bonds. The van der Waals surface area contributed by atoms with Crippen LogP contribution in [0.25, 0.3) is 0 Å². The zero-order chi connectivity index (χ0) is 18.6. The summed E-state index contributed by atoms with van der Waals surface area (Å²) in [7, 11) is -3.68. The molecule has 7 nitrogen and oxygen atoms in total. The summed E-state index contributed by atoms with van der Waals surface area (Å²) in [6, 6.07) is 8.25. The third kappa shape index (κ3) is 4.15. The van der Waals surface area contributed by atoms with Crippen LogP contribution >= 0.6 is 12.2 Å². The van der Waals surface area contributed by atoms with Crippen molar-refractivity contribution in [3.05, 3.63) is 29.8 Å². The SMILES string of the molecule is N#Cc1ccccc1S(=O)(=O)N1CCN(C(=S)NC[C@H]2CCCO2)CC1. The van der Waals surface area contributed by atoms with Crippen molar-refractivity contribution < 1.29 is 13.2 Å². The number of hydrogen-bond acceptors (Lipinski definition) is 5. The molecule has 0 aliphatic carbocycles. The fourth-order valence-corrected chi connectivity index (χ4v) is 5.00. The van der Waals surface area contributed by atoms with Crippen LogP contribution in [-0.2, 0) is 14.8 Å². The van der Waals surface area contributed by atoms with Crippen LogP contribution in [0.2, 0.25) is 0 Å². The van der Waals surface area contributed by atoms with Gasteiger partial charge in [-0.15, -0.1) is 0 Å². The van der Waals surface area contributed by atoms with E-state index in [1.54, 1.807) is 12.1 Å². The van der Waals surface area contributed by atoms with E-state index in [1.165, 1.54) is 16.4 Å². The summed E-state index contributed by atoms with van der Waals surface area (Å²) in [5.74, 6) is 0. The van der Waals surface area contributed by atoms with Crippen LogP contribution in [-0.4, -0.2) is 68.2 Å². The van der Waals surface area contributed by atoms with Gasteiger partial charge in [-0.1, -0.05) is 12.1 Å². The minimum Gasteiger partial charge on any atom is -0.376 e. The van der Waals surface area contributed by atoms with Crippen LogP contribution in [0.5, 0.6) is 0 Å². The zero-order valence-electron chi connectivity index (χ0n) is 14.4. The summed E-state index contributed by atoms with van der Waals surface area (Å²) >= 11 is 5.42. The van der Waals surface area contributed by atoms with Crippen molar-refractivity contribution in [2.75, 3.05) is 39.3 Å². The molecule has 2 saturated heterocycles. The molecule has 0 unspecified atom stereocenters. The average Bonchev–Trinajstić information content (AvgIpc) is 3.19. The predicted octanol–water partition coefficient (Wildman–Crippen LogP) is 0.918. The highest BCUT2D eigenvalue weighted by atomic mass is 32.2. The maximum atomic E-state index is 12.8. The third-order valence-corrected chi connectivity index (χ3v) is 7.02. The molecule has 2 aliphatic rings. The van der Waals surface area contributed by atoms with Gasteiger partial charge in [-0.25, -0.2) is 8.42 Å². The number of ether oxygens (including phenoxy) is 1. The van der Waals surface area contributed by atoms with Gasteiger partial charge in [0, 0.05) is 39.3 Å². The number of thiocarbonyl (C=S) groups is 1. The van der Waals surface area contributed by atoms with Crippen molar-refractivity contribution in [3.63, 3.8) is 0 Å². The Hall–Kier alpha value is -1.73. The Bertz CT molecular complexity index is 792.